The molecule has 4 heteroatoms. The topological polar surface area (TPSA) is 41.6 Å². The number of carbonyl (C=O) groups is 1. The second kappa shape index (κ2) is 5.64. The van der Waals surface area contributed by atoms with Crippen molar-refractivity contribution in [1.82, 2.24) is 10.2 Å². The molecule has 2 rings (SSSR count). The van der Waals surface area contributed by atoms with Gasteiger partial charge >= 0.3 is 0 Å². The Hall–Kier alpha value is -0.610. The SMILES string of the molecule is CC1CCCN(C(=O)CC2CNCCO2)C1. The molecule has 0 aromatic rings. The van der Waals surface area contributed by atoms with Gasteiger partial charge in [0.15, 0.2) is 0 Å². The molecule has 0 bridgehead atoms. The van der Waals surface area contributed by atoms with E-state index in [1.54, 1.807) is 0 Å². The van der Waals surface area contributed by atoms with Crippen molar-refractivity contribution in [3.63, 3.8) is 0 Å². The van der Waals surface area contributed by atoms with E-state index in [-0.39, 0.29) is 12.0 Å². The summed E-state index contributed by atoms with van der Waals surface area (Å²) in [6, 6.07) is 0. The summed E-state index contributed by atoms with van der Waals surface area (Å²) in [7, 11) is 0. The Morgan fingerprint density at radius 2 is 2.44 bits per heavy atom. The van der Waals surface area contributed by atoms with Crippen molar-refractivity contribution >= 4 is 5.91 Å². The fraction of sp³-hybridized carbons (Fsp3) is 0.917. The molecule has 1 N–H and O–H groups in total. The highest BCUT2D eigenvalue weighted by Crippen LogP contribution is 2.17. The van der Waals surface area contributed by atoms with Crippen LogP contribution in [0, 0.1) is 5.92 Å². The van der Waals surface area contributed by atoms with E-state index in [1.807, 2.05) is 4.90 Å². The van der Waals surface area contributed by atoms with Crippen LogP contribution in [0.15, 0.2) is 0 Å². The minimum atomic E-state index is 0.0819. The maximum Gasteiger partial charge on any atom is 0.225 e. The molecule has 2 heterocycles. The van der Waals surface area contributed by atoms with Gasteiger partial charge in [0.2, 0.25) is 5.91 Å². The number of rotatable bonds is 2. The molecule has 1 amide bonds. The van der Waals surface area contributed by atoms with E-state index < -0.39 is 0 Å². The molecule has 4 nitrogen and oxygen atoms in total. The van der Waals surface area contributed by atoms with Crippen LogP contribution < -0.4 is 5.32 Å². The normalized spacial score (nSPS) is 31.4. The lowest BCUT2D eigenvalue weighted by Crippen LogP contribution is -2.44. The predicted molar refractivity (Wildman–Crippen MR) is 62.2 cm³/mol. The van der Waals surface area contributed by atoms with Gasteiger partial charge in [0, 0.05) is 26.2 Å². The Kier molecular flexibility index (Phi) is 4.18. The third-order valence-electron chi connectivity index (χ3n) is 3.42. The molecule has 2 unspecified atom stereocenters. The quantitative estimate of drug-likeness (QED) is 0.750. The van der Waals surface area contributed by atoms with Crippen LogP contribution in [0.5, 0.6) is 0 Å². The van der Waals surface area contributed by atoms with Crippen molar-refractivity contribution in [3.8, 4) is 0 Å². The monoisotopic (exact) mass is 226 g/mol. The number of hydrogen-bond donors (Lipinski definition) is 1. The number of amides is 1. The second-order valence-corrected chi connectivity index (χ2v) is 4.99. The predicted octanol–water partition coefficient (Wildman–Crippen LogP) is 0.623. The molecule has 0 spiro atoms. The van der Waals surface area contributed by atoms with Gasteiger partial charge in [-0.2, -0.15) is 0 Å². The molecule has 2 fully saturated rings. The molecule has 0 aromatic carbocycles. The van der Waals surface area contributed by atoms with Crippen LogP contribution >= 0.6 is 0 Å². The molecule has 0 radical (unpaired) electrons. The molecule has 2 aliphatic heterocycles. The Morgan fingerprint density at radius 3 is 3.12 bits per heavy atom. The molecule has 2 atom stereocenters. The van der Waals surface area contributed by atoms with E-state index >= 15 is 0 Å². The number of likely N-dealkylation sites (tertiary alicyclic amines) is 1. The molecule has 16 heavy (non-hydrogen) atoms. The lowest BCUT2D eigenvalue weighted by atomic mass is 10.00. The van der Waals surface area contributed by atoms with Crippen molar-refractivity contribution in [2.45, 2.75) is 32.3 Å². The number of hydrogen-bond acceptors (Lipinski definition) is 3. The van der Waals surface area contributed by atoms with E-state index in [0.717, 1.165) is 39.2 Å². The highest BCUT2D eigenvalue weighted by Gasteiger charge is 2.24. The van der Waals surface area contributed by atoms with Crippen LogP contribution in [0.1, 0.15) is 26.2 Å². The maximum atomic E-state index is 12.0. The lowest BCUT2D eigenvalue weighted by Gasteiger charge is -2.32. The van der Waals surface area contributed by atoms with Crippen LogP contribution in [0.25, 0.3) is 0 Å². The minimum absolute atomic E-state index is 0.0819. The van der Waals surface area contributed by atoms with Crippen LogP contribution in [0.3, 0.4) is 0 Å². The molecular weight excluding hydrogens is 204 g/mol. The van der Waals surface area contributed by atoms with Gasteiger partial charge < -0.3 is 15.0 Å². The second-order valence-electron chi connectivity index (χ2n) is 4.99. The molecule has 2 saturated heterocycles. The number of nitrogens with one attached hydrogen (secondary N) is 1. The molecule has 0 aliphatic carbocycles. The van der Waals surface area contributed by atoms with Gasteiger partial charge in [-0.25, -0.2) is 0 Å². The smallest absolute Gasteiger partial charge is 0.225 e. The summed E-state index contributed by atoms with van der Waals surface area (Å²) in [5, 5.41) is 3.26. The highest BCUT2D eigenvalue weighted by atomic mass is 16.5. The van der Waals surface area contributed by atoms with Crippen LogP contribution in [0.4, 0.5) is 0 Å². The van der Waals surface area contributed by atoms with Gasteiger partial charge in [-0.1, -0.05) is 6.92 Å². The van der Waals surface area contributed by atoms with Crippen molar-refractivity contribution < 1.29 is 9.53 Å². The van der Waals surface area contributed by atoms with E-state index in [2.05, 4.69) is 12.2 Å². The van der Waals surface area contributed by atoms with Crippen molar-refractivity contribution in [2.75, 3.05) is 32.8 Å². The fourth-order valence-corrected chi connectivity index (χ4v) is 2.49. The van der Waals surface area contributed by atoms with Gasteiger partial charge in [-0.3, -0.25) is 4.79 Å². The zero-order valence-corrected chi connectivity index (χ0v) is 10.1. The van der Waals surface area contributed by atoms with Gasteiger partial charge in [0.05, 0.1) is 19.1 Å². The van der Waals surface area contributed by atoms with Crippen LogP contribution in [-0.2, 0) is 9.53 Å². The van der Waals surface area contributed by atoms with Crippen LogP contribution in [-0.4, -0.2) is 49.7 Å². The molecular formula is C12H22N2O2. The Balaban J connectivity index is 1.77. The third kappa shape index (κ3) is 3.19. The summed E-state index contributed by atoms with van der Waals surface area (Å²) in [6.45, 7) is 6.54. The van der Waals surface area contributed by atoms with Gasteiger partial charge in [0.1, 0.15) is 0 Å². The number of morpholine rings is 1. The fourth-order valence-electron chi connectivity index (χ4n) is 2.49. The van der Waals surface area contributed by atoms with Crippen molar-refractivity contribution in [1.29, 1.82) is 0 Å². The van der Waals surface area contributed by atoms with Crippen molar-refractivity contribution in [2.24, 2.45) is 5.92 Å². The first-order valence-electron chi connectivity index (χ1n) is 6.36. The molecule has 0 aromatic heterocycles. The first-order valence-corrected chi connectivity index (χ1v) is 6.36. The Labute approximate surface area is 97.3 Å². The number of carbonyl (C=O) groups excluding carboxylic acids is 1. The van der Waals surface area contributed by atoms with Crippen LogP contribution in [0.2, 0.25) is 0 Å². The molecule has 2 aliphatic rings. The van der Waals surface area contributed by atoms with Gasteiger partial charge in [-0.05, 0) is 18.8 Å². The summed E-state index contributed by atoms with van der Waals surface area (Å²) >= 11 is 0. The zero-order valence-electron chi connectivity index (χ0n) is 10.1. The summed E-state index contributed by atoms with van der Waals surface area (Å²) in [4.78, 5) is 14.0. The van der Waals surface area contributed by atoms with Gasteiger partial charge in [-0.15, -0.1) is 0 Å². The maximum absolute atomic E-state index is 12.0. The Morgan fingerprint density at radius 1 is 1.56 bits per heavy atom. The summed E-state index contributed by atoms with van der Waals surface area (Å²) in [5.74, 6) is 0.920. The van der Waals surface area contributed by atoms with Crippen molar-refractivity contribution in [3.05, 3.63) is 0 Å². The van der Waals surface area contributed by atoms with E-state index in [1.165, 1.54) is 6.42 Å². The number of ether oxygens (including phenoxy) is 1. The minimum Gasteiger partial charge on any atom is -0.375 e. The molecule has 92 valence electrons. The van der Waals surface area contributed by atoms with E-state index in [0.29, 0.717) is 12.3 Å². The molecule has 0 saturated carbocycles. The first kappa shape index (κ1) is 11.9. The van der Waals surface area contributed by atoms with E-state index in [9.17, 15) is 4.79 Å². The third-order valence-corrected chi connectivity index (χ3v) is 3.42. The number of piperidine rings is 1. The summed E-state index contributed by atoms with van der Waals surface area (Å²) in [5.41, 5.74) is 0. The standard InChI is InChI=1S/C12H22N2O2/c1-10-3-2-5-14(9-10)12(15)7-11-8-13-4-6-16-11/h10-11,13H,2-9H2,1H3. The zero-order chi connectivity index (χ0) is 11.4. The Bertz CT molecular complexity index is 239. The van der Waals surface area contributed by atoms with E-state index in [4.69, 9.17) is 4.74 Å². The van der Waals surface area contributed by atoms with Gasteiger partial charge in [0.25, 0.3) is 0 Å². The first-order chi connectivity index (χ1) is 7.75. The summed E-state index contributed by atoms with van der Waals surface area (Å²) < 4.78 is 5.56. The highest BCUT2D eigenvalue weighted by molar-refractivity contribution is 5.76. The average Bonchev–Trinajstić information content (AvgIpc) is 2.30. The lowest BCUT2D eigenvalue weighted by molar-refractivity contribution is -0.136. The largest absolute Gasteiger partial charge is 0.375 e. The summed E-state index contributed by atoms with van der Waals surface area (Å²) in [6.07, 6.45) is 3.03. The number of nitrogens with zero attached hydrogens (tertiary/aromatic N) is 1. The average molecular weight is 226 g/mol.